The number of aromatic nitrogens is 3. The molecular weight excluding hydrogens is 262 g/mol. The van der Waals surface area contributed by atoms with Crippen LogP contribution < -0.4 is 21.5 Å². The van der Waals surface area contributed by atoms with Crippen molar-refractivity contribution in [1.82, 2.24) is 14.3 Å². The third kappa shape index (κ3) is 2.79. The van der Waals surface area contributed by atoms with Gasteiger partial charge in [0.2, 0.25) is 5.91 Å². The molecule has 3 N–H and O–H groups in total. The molecule has 1 aromatic heterocycles. The molecule has 0 aliphatic heterocycles. The zero-order valence-corrected chi connectivity index (χ0v) is 11.2. The van der Waals surface area contributed by atoms with E-state index in [1.807, 2.05) is 0 Å². The number of nitrogens with one attached hydrogen (secondary N) is 1. The summed E-state index contributed by atoms with van der Waals surface area (Å²) in [5, 5.41) is 6.42. The highest BCUT2D eigenvalue weighted by Gasteiger charge is 2.10. The van der Waals surface area contributed by atoms with Gasteiger partial charge in [0.25, 0.3) is 0 Å². The van der Waals surface area contributed by atoms with Gasteiger partial charge in [-0.1, -0.05) is 0 Å². The number of carbonyl (C=O) groups excluding carboxylic acids is 1. The van der Waals surface area contributed by atoms with Crippen LogP contribution in [0.5, 0.6) is 5.75 Å². The highest BCUT2D eigenvalue weighted by Crippen LogP contribution is 2.23. The summed E-state index contributed by atoms with van der Waals surface area (Å²) in [4.78, 5) is 23.4. The lowest BCUT2D eigenvalue weighted by Gasteiger charge is -2.09. The zero-order chi connectivity index (χ0) is 14.7. The summed E-state index contributed by atoms with van der Waals surface area (Å²) in [7, 11) is 3.09. The maximum absolute atomic E-state index is 11.8. The van der Waals surface area contributed by atoms with Crippen molar-refractivity contribution in [2.24, 2.45) is 7.05 Å². The Morgan fingerprint density at radius 2 is 2.25 bits per heavy atom. The lowest BCUT2D eigenvalue weighted by atomic mass is 10.2. The molecule has 8 heteroatoms. The first kappa shape index (κ1) is 13.7. The van der Waals surface area contributed by atoms with E-state index in [0.29, 0.717) is 17.1 Å². The minimum Gasteiger partial charge on any atom is -0.497 e. The Kier molecular flexibility index (Phi) is 3.74. The molecule has 0 bridgehead atoms. The number of methoxy groups -OCH3 is 1. The lowest BCUT2D eigenvalue weighted by Crippen LogP contribution is -2.29. The number of hydrogen-bond donors (Lipinski definition) is 2. The summed E-state index contributed by atoms with van der Waals surface area (Å²) in [6.45, 7) is -0.175. The van der Waals surface area contributed by atoms with Gasteiger partial charge in [0, 0.05) is 13.1 Å². The first-order chi connectivity index (χ1) is 9.51. The molecule has 1 heterocycles. The highest BCUT2D eigenvalue weighted by atomic mass is 16.5. The molecule has 0 spiro atoms. The van der Waals surface area contributed by atoms with Crippen molar-refractivity contribution in [2.75, 3.05) is 18.2 Å². The van der Waals surface area contributed by atoms with E-state index in [-0.39, 0.29) is 18.1 Å². The second-order valence-electron chi connectivity index (χ2n) is 4.18. The molecule has 1 amide bonds. The zero-order valence-electron chi connectivity index (χ0n) is 11.2. The Morgan fingerprint density at radius 1 is 1.50 bits per heavy atom. The maximum atomic E-state index is 11.8. The van der Waals surface area contributed by atoms with Gasteiger partial charge in [-0.25, -0.2) is 9.48 Å². The minimum atomic E-state index is -0.386. The number of nitrogen functional groups attached to an aromatic ring is 1. The summed E-state index contributed by atoms with van der Waals surface area (Å²) in [6.07, 6.45) is 1.34. The van der Waals surface area contributed by atoms with Crippen LogP contribution in [0.3, 0.4) is 0 Å². The van der Waals surface area contributed by atoms with Gasteiger partial charge in [-0.05, 0) is 12.1 Å². The molecule has 0 aliphatic carbocycles. The van der Waals surface area contributed by atoms with Crippen LogP contribution in [-0.4, -0.2) is 27.4 Å². The van der Waals surface area contributed by atoms with Gasteiger partial charge in [0.1, 0.15) is 18.6 Å². The van der Waals surface area contributed by atoms with Crippen molar-refractivity contribution in [3.63, 3.8) is 0 Å². The lowest BCUT2D eigenvalue weighted by molar-refractivity contribution is -0.117. The molecule has 0 saturated carbocycles. The molecule has 0 atom stereocenters. The molecule has 2 rings (SSSR count). The Labute approximate surface area is 114 Å². The van der Waals surface area contributed by atoms with Gasteiger partial charge in [0.15, 0.2) is 0 Å². The van der Waals surface area contributed by atoms with E-state index in [9.17, 15) is 9.59 Å². The van der Waals surface area contributed by atoms with Crippen LogP contribution in [0.15, 0.2) is 29.3 Å². The number of hydrogen-bond acceptors (Lipinski definition) is 5. The van der Waals surface area contributed by atoms with Crippen molar-refractivity contribution in [1.29, 1.82) is 0 Å². The molecule has 2 aromatic rings. The molecule has 0 radical (unpaired) electrons. The standard InChI is InChI=1S/C12H15N5O3/c1-16-7-14-17(12(16)19)6-11(18)15-10-4-3-8(20-2)5-9(10)13/h3-5,7H,6,13H2,1-2H3,(H,15,18). The number of nitrogens with two attached hydrogens (primary N) is 1. The number of nitrogens with zero attached hydrogens (tertiary/aromatic N) is 3. The van der Waals surface area contributed by atoms with Crippen LogP contribution in [0.1, 0.15) is 0 Å². The summed E-state index contributed by atoms with van der Waals surface area (Å²) in [5.41, 5.74) is 6.27. The summed E-state index contributed by atoms with van der Waals surface area (Å²) >= 11 is 0. The van der Waals surface area contributed by atoms with Gasteiger partial charge in [-0.3, -0.25) is 9.36 Å². The molecular formula is C12H15N5O3. The van der Waals surface area contributed by atoms with Crippen LogP contribution in [-0.2, 0) is 18.4 Å². The predicted molar refractivity (Wildman–Crippen MR) is 73.5 cm³/mol. The van der Waals surface area contributed by atoms with Crippen molar-refractivity contribution in [2.45, 2.75) is 6.54 Å². The fourth-order valence-corrected chi connectivity index (χ4v) is 1.64. The van der Waals surface area contributed by atoms with Crippen molar-refractivity contribution >= 4 is 17.3 Å². The molecule has 0 fully saturated rings. The number of amides is 1. The van der Waals surface area contributed by atoms with Crippen LogP contribution in [0.4, 0.5) is 11.4 Å². The maximum Gasteiger partial charge on any atom is 0.345 e. The van der Waals surface area contributed by atoms with Gasteiger partial charge in [0.05, 0.1) is 18.5 Å². The molecule has 8 nitrogen and oxygen atoms in total. The summed E-state index contributed by atoms with van der Waals surface area (Å²) in [6, 6.07) is 4.91. The SMILES string of the molecule is COc1ccc(NC(=O)Cn2ncn(C)c2=O)c(N)c1. The van der Waals surface area contributed by atoms with E-state index in [1.165, 1.54) is 18.0 Å². The first-order valence-electron chi connectivity index (χ1n) is 5.83. The number of ether oxygens (including phenoxy) is 1. The molecule has 0 aliphatic rings. The number of rotatable bonds is 4. The minimum absolute atomic E-state index is 0.175. The molecule has 20 heavy (non-hydrogen) atoms. The van der Waals surface area contributed by atoms with E-state index in [2.05, 4.69) is 10.4 Å². The van der Waals surface area contributed by atoms with E-state index in [4.69, 9.17) is 10.5 Å². The smallest absolute Gasteiger partial charge is 0.345 e. The second kappa shape index (κ2) is 5.47. The van der Waals surface area contributed by atoms with E-state index >= 15 is 0 Å². The summed E-state index contributed by atoms with van der Waals surface area (Å²) < 4.78 is 7.37. The number of carbonyl (C=O) groups is 1. The third-order valence-electron chi connectivity index (χ3n) is 2.71. The third-order valence-corrected chi connectivity index (χ3v) is 2.71. The average molecular weight is 277 g/mol. The largest absolute Gasteiger partial charge is 0.497 e. The summed E-state index contributed by atoms with van der Waals surface area (Å²) in [5.74, 6) is 0.212. The van der Waals surface area contributed by atoms with Crippen LogP contribution in [0.25, 0.3) is 0 Å². The Hall–Kier alpha value is -2.77. The number of benzene rings is 1. The Bertz CT molecular complexity index is 689. The van der Waals surface area contributed by atoms with Crippen molar-refractivity contribution < 1.29 is 9.53 Å². The number of aryl methyl sites for hydroxylation is 1. The van der Waals surface area contributed by atoms with Crippen LogP contribution in [0.2, 0.25) is 0 Å². The first-order valence-corrected chi connectivity index (χ1v) is 5.83. The van der Waals surface area contributed by atoms with E-state index in [0.717, 1.165) is 4.68 Å². The predicted octanol–water partition coefficient (Wildman–Crippen LogP) is -0.189. The van der Waals surface area contributed by atoms with Crippen molar-refractivity contribution in [3.05, 3.63) is 35.0 Å². The monoisotopic (exact) mass is 277 g/mol. The van der Waals surface area contributed by atoms with Crippen LogP contribution >= 0.6 is 0 Å². The molecule has 106 valence electrons. The van der Waals surface area contributed by atoms with Gasteiger partial charge >= 0.3 is 5.69 Å². The second-order valence-corrected chi connectivity index (χ2v) is 4.18. The van der Waals surface area contributed by atoms with Gasteiger partial charge < -0.3 is 15.8 Å². The molecule has 1 aromatic carbocycles. The normalized spacial score (nSPS) is 10.3. The highest BCUT2D eigenvalue weighted by molar-refractivity contribution is 5.93. The molecule has 0 unspecified atom stereocenters. The fourth-order valence-electron chi connectivity index (χ4n) is 1.64. The van der Waals surface area contributed by atoms with Crippen molar-refractivity contribution in [3.8, 4) is 5.75 Å². The van der Waals surface area contributed by atoms with Crippen LogP contribution in [0, 0.1) is 0 Å². The molecule has 0 saturated heterocycles. The van der Waals surface area contributed by atoms with E-state index in [1.54, 1.807) is 25.2 Å². The Morgan fingerprint density at radius 3 is 2.80 bits per heavy atom. The van der Waals surface area contributed by atoms with Gasteiger partial charge in [-0.15, -0.1) is 0 Å². The van der Waals surface area contributed by atoms with E-state index < -0.39 is 0 Å². The topological polar surface area (TPSA) is 104 Å². The van der Waals surface area contributed by atoms with Gasteiger partial charge in [-0.2, -0.15) is 5.10 Å². The number of anilines is 2. The fraction of sp³-hybridized carbons (Fsp3) is 0.250. The quantitative estimate of drug-likeness (QED) is 0.754. The average Bonchev–Trinajstić information content (AvgIpc) is 2.73. The Balaban J connectivity index is 2.08.